The Balaban J connectivity index is 2.64. The summed E-state index contributed by atoms with van der Waals surface area (Å²) in [4.78, 5) is 0. The number of aromatic nitrogens is 1. The van der Waals surface area contributed by atoms with Crippen LogP contribution in [0, 0.1) is 25.2 Å². The van der Waals surface area contributed by atoms with Crippen molar-refractivity contribution in [3.8, 4) is 6.07 Å². The second-order valence-electron chi connectivity index (χ2n) is 4.40. The minimum Gasteiger partial charge on any atom is -0.350 e. The summed E-state index contributed by atoms with van der Waals surface area (Å²) >= 11 is 0. The average Bonchev–Trinajstić information content (AvgIpc) is 2.53. The molecular weight excluding hydrogens is 196 g/mol. The van der Waals surface area contributed by atoms with Crippen molar-refractivity contribution in [3.63, 3.8) is 0 Å². The molecule has 82 valence electrons. The van der Waals surface area contributed by atoms with Gasteiger partial charge in [-0.25, -0.2) is 0 Å². The fourth-order valence-electron chi connectivity index (χ4n) is 2.39. The van der Waals surface area contributed by atoms with Gasteiger partial charge in [0.1, 0.15) is 0 Å². The van der Waals surface area contributed by atoms with Crippen LogP contribution in [0.5, 0.6) is 0 Å². The summed E-state index contributed by atoms with van der Waals surface area (Å²) in [5.41, 5.74) is 5.16. The second-order valence-corrected chi connectivity index (χ2v) is 4.40. The summed E-state index contributed by atoms with van der Waals surface area (Å²) < 4.78 is 2.15. The van der Waals surface area contributed by atoms with Crippen LogP contribution in [-0.2, 0) is 13.5 Å². The molecular formula is C14H16N2. The maximum atomic E-state index is 8.66. The van der Waals surface area contributed by atoms with Crippen molar-refractivity contribution in [2.45, 2.75) is 26.7 Å². The smallest absolute Gasteiger partial charge is 0.0625 e. The minimum atomic E-state index is 0.590. The highest BCUT2D eigenvalue weighted by atomic mass is 14.9. The van der Waals surface area contributed by atoms with Crippen LogP contribution in [0.1, 0.15) is 23.1 Å². The van der Waals surface area contributed by atoms with Crippen molar-refractivity contribution in [3.05, 3.63) is 35.0 Å². The van der Waals surface area contributed by atoms with E-state index >= 15 is 0 Å². The molecule has 2 heteroatoms. The Labute approximate surface area is 96.1 Å². The van der Waals surface area contributed by atoms with Gasteiger partial charge in [-0.1, -0.05) is 6.07 Å². The van der Waals surface area contributed by atoms with Crippen molar-refractivity contribution in [2.75, 3.05) is 0 Å². The molecule has 0 amide bonds. The molecule has 0 bridgehead atoms. The second kappa shape index (κ2) is 4.02. The fraction of sp³-hybridized carbons (Fsp3) is 0.357. The van der Waals surface area contributed by atoms with Crippen LogP contribution >= 0.6 is 0 Å². The van der Waals surface area contributed by atoms with Gasteiger partial charge in [0.25, 0.3) is 0 Å². The summed E-state index contributed by atoms with van der Waals surface area (Å²) in [6.07, 6.45) is 3.58. The molecule has 0 unspecified atom stereocenters. The summed E-state index contributed by atoms with van der Waals surface area (Å²) in [5, 5.41) is 9.99. The number of rotatable bonds is 2. The standard InChI is InChI=1S/C14H16N2/c1-10-7-11(2)14-12(5-4-6-15)9-16(3)13(14)8-10/h7-9H,4-5H2,1-3H3. The normalized spacial score (nSPS) is 10.6. The van der Waals surface area contributed by atoms with Gasteiger partial charge >= 0.3 is 0 Å². The Morgan fingerprint density at radius 2 is 2.06 bits per heavy atom. The van der Waals surface area contributed by atoms with Gasteiger partial charge in [0.15, 0.2) is 0 Å². The van der Waals surface area contributed by atoms with Gasteiger partial charge in [-0.3, -0.25) is 0 Å². The van der Waals surface area contributed by atoms with Gasteiger partial charge < -0.3 is 4.57 Å². The van der Waals surface area contributed by atoms with Crippen molar-refractivity contribution in [1.82, 2.24) is 4.57 Å². The molecule has 0 aliphatic carbocycles. The summed E-state index contributed by atoms with van der Waals surface area (Å²) in [6.45, 7) is 4.26. The molecule has 0 aliphatic heterocycles. The average molecular weight is 212 g/mol. The number of hydrogen-bond acceptors (Lipinski definition) is 1. The van der Waals surface area contributed by atoms with E-state index in [9.17, 15) is 0 Å². The molecule has 0 aliphatic rings. The quantitative estimate of drug-likeness (QED) is 0.751. The van der Waals surface area contributed by atoms with E-state index in [-0.39, 0.29) is 0 Å². The van der Waals surface area contributed by atoms with Crippen LogP contribution < -0.4 is 0 Å². The highest BCUT2D eigenvalue weighted by molar-refractivity contribution is 5.87. The Bertz CT molecular complexity index is 570. The Kier molecular flexibility index (Phi) is 2.70. The van der Waals surface area contributed by atoms with Crippen LogP contribution in [0.2, 0.25) is 0 Å². The van der Waals surface area contributed by atoms with Crippen molar-refractivity contribution < 1.29 is 0 Å². The highest BCUT2D eigenvalue weighted by Crippen LogP contribution is 2.26. The summed E-state index contributed by atoms with van der Waals surface area (Å²) in [6, 6.07) is 6.62. The van der Waals surface area contributed by atoms with E-state index in [2.05, 4.69) is 49.9 Å². The van der Waals surface area contributed by atoms with Crippen molar-refractivity contribution in [2.24, 2.45) is 7.05 Å². The van der Waals surface area contributed by atoms with E-state index < -0.39 is 0 Å². The van der Waals surface area contributed by atoms with Gasteiger partial charge in [0.2, 0.25) is 0 Å². The molecule has 2 nitrogen and oxygen atoms in total. The van der Waals surface area contributed by atoms with Gasteiger partial charge in [0.05, 0.1) is 6.07 Å². The van der Waals surface area contributed by atoms with E-state index in [1.165, 1.54) is 27.6 Å². The number of aryl methyl sites for hydroxylation is 4. The van der Waals surface area contributed by atoms with E-state index in [1.807, 2.05) is 0 Å². The van der Waals surface area contributed by atoms with Crippen LogP contribution in [0.15, 0.2) is 18.3 Å². The molecule has 0 radical (unpaired) electrons. The Morgan fingerprint density at radius 3 is 2.75 bits per heavy atom. The molecule has 1 aromatic heterocycles. The summed E-state index contributed by atoms with van der Waals surface area (Å²) in [5.74, 6) is 0. The predicted molar refractivity (Wildman–Crippen MR) is 66.3 cm³/mol. The molecule has 16 heavy (non-hydrogen) atoms. The van der Waals surface area contributed by atoms with Gasteiger partial charge in [0, 0.05) is 30.6 Å². The number of nitrogens with zero attached hydrogens (tertiary/aromatic N) is 2. The van der Waals surface area contributed by atoms with Crippen LogP contribution in [0.25, 0.3) is 10.9 Å². The molecule has 0 N–H and O–H groups in total. The molecule has 0 fully saturated rings. The Hall–Kier alpha value is -1.75. The lowest BCUT2D eigenvalue weighted by Gasteiger charge is -2.03. The first-order valence-electron chi connectivity index (χ1n) is 5.55. The number of nitriles is 1. The molecule has 1 aromatic carbocycles. The maximum Gasteiger partial charge on any atom is 0.0625 e. The lowest BCUT2D eigenvalue weighted by molar-refractivity contribution is 0.940. The minimum absolute atomic E-state index is 0.590. The van der Waals surface area contributed by atoms with Crippen LogP contribution in [0.3, 0.4) is 0 Å². The Morgan fingerprint density at radius 1 is 1.31 bits per heavy atom. The first-order chi connectivity index (χ1) is 7.63. The van der Waals surface area contributed by atoms with E-state index in [4.69, 9.17) is 5.26 Å². The van der Waals surface area contributed by atoms with Crippen LogP contribution in [0.4, 0.5) is 0 Å². The van der Waals surface area contributed by atoms with E-state index in [0.29, 0.717) is 6.42 Å². The molecule has 2 rings (SSSR count). The number of benzene rings is 1. The predicted octanol–water partition coefficient (Wildman–Crippen LogP) is 3.25. The van der Waals surface area contributed by atoms with Gasteiger partial charge in [-0.15, -0.1) is 0 Å². The third-order valence-corrected chi connectivity index (χ3v) is 3.02. The fourth-order valence-corrected chi connectivity index (χ4v) is 2.39. The molecule has 2 aromatic rings. The van der Waals surface area contributed by atoms with Crippen molar-refractivity contribution in [1.29, 1.82) is 5.26 Å². The highest BCUT2D eigenvalue weighted by Gasteiger charge is 2.09. The molecule has 0 spiro atoms. The SMILES string of the molecule is Cc1cc(C)c2c(CCC#N)cn(C)c2c1. The topological polar surface area (TPSA) is 28.7 Å². The zero-order valence-corrected chi connectivity index (χ0v) is 10.0. The zero-order valence-electron chi connectivity index (χ0n) is 10.0. The lowest BCUT2D eigenvalue weighted by Crippen LogP contribution is -1.86. The zero-order chi connectivity index (χ0) is 11.7. The van der Waals surface area contributed by atoms with E-state index in [1.54, 1.807) is 0 Å². The summed E-state index contributed by atoms with van der Waals surface area (Å²) in [7, 11) is 2.07. The van der Waals surface area contributed by atoms with E-state index in [0.717, 1.165) is 6.42 Å². The number of fused-ring (bicyclic) bond motifs is 1. The van der Waals surface area contributed by atoms with Crippen molar-refractivity contribution >= 4 is 10.9 Å². The third-order valence-electron chi connectivity index (χ3n) is 3.02. The molecule has 0 saturated carbocycles. The molecule has 1 heterocycles. The lowest BCUT2D eigenvalue weighted by atomic mass is 10.0. The largest absolute Gasteiger partial charge is 0.350 e. The number of hydrogen-bond donors (Lipinski definition) is 0. The molecule has 0 saturated heterocycles. The first kappa shape index (κ1) is 10.8. The monoisotopic (exact) mass is 212 g/mol. The maximum absolute atomic E-state index is 8.66. The third kappa shape index (κ3) is 1.69. The molecule has 0 atom stereocenters. The van der Waals surface area contributed by atoms with Gasteiger partial charge in [-0.05, 0) is 43.0 Å². The van der Waals surface area contributed by atoms with Crippen LogP contribution in [-0.4, -0.2) is 4.57 Å². The first-order valence-corrected chi connectivity index (χ1v) is 5.55. The van der Waals surface area contributed by atoms with Gasteiger partial charge in [-0.2, -0.15) is 5.26 Å².